The van der Waals surface area contributed by atoms with Gasteiger partial charge in [-0.15, -0.1) is 0 Å². The molecule has 8 nitrogen and oxygen atoms in total. The van der Waals surface area contributed by atoms with Crippen LogP contribution in [0.25, 0.3) is 0 Å². The van der Waals surface area contributed by atoms with E-state index >= 15 is 0 Å². The summed E-state index contributed by atoms with van der Waals surface area (Å²) in [6.45, 7) is 1.79. The van der Waals surface area contributed by atoms with Gasteiger partial charge in [-0.05, 0) is 61.7 Å². The van der Waals surface area contributed by atoms with Gasteiger partial charge >= 0.3 is 5.97 Å². The van der Waals surface area contributed by atoms with Crippen LogP contribution in [0.1, 0.15) is 23.1 Å². The first kappa shape index (κ1) is 23.7. The Bertz CT molecular complexity index is 983. The molecule has 0 spiro atoms. The van der Waals surface area contributed by atoms with Gasteiger partial charge in [-0.2, -0.15) is 0 Å². The molecule has 178 valence electrons. The number of nitrogens with zero attached hydrogens (tertiary/aromatic N) is 1. The number of carboxylic acid groups (broad SMARTS) is 1. The maximum atomic E-state index is 11.4. The number of para-hydroxylation sites is 1. The molecule has 5 N–H and O–H groups in total. The van der Waals surface area contributed by atoms with Crippen molar-refractivity contribution >= 4 is 17.3 Å². The van der Waals surface area contributed by atoms with Crippen molar-refractivity contribution in [3.63, 3.8) is 0 Å². The first-order valence-corrected chi connectivity index (χ1v) is 11.4. The van der Waals surface area contributed by atoms with Crippen LogP contribution >= 0.6 is 0 Å². The summed E-state index contributed by atoms with van der Waals surface area (Å²) >= 11 is 0. The molecule has 8 heteroatoms. The number of anilines is 2. The Hall–Kier alpha value is -2.49. The Morgan fingerprint density at radius 1 is 1.03 bits per heavy atom. The lowest BCUT2D eigenvalue weighted by Gasteiger charge is -2.39. The Kier molecular flexibility index (Phi) is 7.31. The normalized spacial score (nSPS) is 26.9. The molecule has 2 aromatic rings. The summed E-state index contributed by atoms with van der Waals surface area (Å²) in [7, 11) is 1.95. The number of carboxylic acids is 1. The molecule has 5 atom stereocenters. The lowest BCUT2D eigenvalue weighted by Crippen LogP contribution is -2.60. The fourth-order valence-corrected chi connectivity index (χ4v) is 4.82. The fraction of sp³-hybridized carbons (Fsp3) is 0.480. The Morgan fingerprint density at radius 3 is 2.52 bits per heavy atom. The predicted molar refractivity (Wildman–Crippen MR) is 124 cm³/mol. The van der Waals surface area contributed by atoms with Crippen LogP contribution in [0.2, 0.25) is 0 Å². The zero-order valence-electron chi connectivity index (χ0n) is 18.7. The lowest BCUT2D eigenvalue weighted by atomic mass is 9.90. The van der Waals surface area contributed by atoms with E-state index in [2.05, 4.69) is 46.6 Å². The number of aliphatic hydroxyl groups excluding tert-OH is 3. The van der Waals surface area contributed by atoms with Gasteiger partial charge in [0.25, 0.3) is 0 Å². The van der Waals surface area contributed by atoms with E-state index in [-0.39, 0.29) is 6.42 Å². The van der Waals surface area contributed by atoms with E-state index < -0.39 is 36.5 Å². The van der Waals surface area contributed by atoms with Gasteiger partial charge in [-0.25, -0.2) is 4.79 Å². The average molecular weight is 457 g/mol. The third kappa shape index (κ3) is 4.90. The highest BCUT2D eigenvalue weighted by molar-refractivity contribution is 5.73. The van der Waals surface area contributed by atoms with Crippen molar-refractivity contribution in [1.82, 2.24) is 5.32 Å². The van der Waals surface area contributed by atoms with Gasteiger partial charge in [0, 0.05) is 24.3 Å². The van der Waals surface area contributed by atoms with Crippen LogP contribution in [0.4, 0.5) is 11.4 Å². The molecular formula is C25H32N2O6. The summed E-state index contributed by atoms with van der Waals surface area (Å²) in [5.41, 5.74) is 5.71. The summed E-state index contributed by atoms with van der Waals surface area (Å²) in [6, 6.07) is 14.6. The van der Waals surface area contributed by atoms with Crippen LogP contribution in [0.3, 0.4) is 0 Å². The quantitative estimate of drug-likeness (QED) is 0.391. The molecule has 2 aliphatic rings. The predicted octanol–water partition coefficient (Wildman–Crippen LogP) is 1.01. The highest BCUT2D eigenvalue weighted by Crippen LogP contribution is 2.37. The van der Waals surface area contributed by atoms with Crippen molar-refractivity contribution < 1.29 is 30.0 Å². The second-order valence-corrected chi connectivity index (χ2v) is 8.81. The van der Waals surface area contributed by atoms with Crippen molar-refractivity contribution in [2.45, 2.75) is 56.2 Å². The number of hydrogen-bond donors (Lipinski definition) is 5. The SMILES string of the molecule is CNCCCN1c2ccccc2CCc2cc(CC3O[C@H](C(=O)O)[C@@H](O)[C@H](O)[C@H]3O)ccc21. The molecule has 0 saturated carbocycles. The summed E-state index contributed by atoms with van der Waals surface area (Å²) in [5, 5.41) is 43.0. The first-order chi connectivity index (χ1) is 15.9. The van der Waals surface area contributed by atoms with Gasteiger partial charge in [0.2, 0.25) is 0 Å². The van der Waals surface area contributed by atoms with Gasteiger partial charge in [-0.1, -0.05) is 30.3 Å². The van der Waals surface area contributed by atoms with E-state index in [1.807, 2.05) is 13.1 Å². The zero-order valence-corrected chi connectivity index (χ0v) is 18.7. The number of ether oxygens (including phenoxy) is 1. The largest absolute Gasteiger partial charge is 0.479 e. The number of benzene rings is 2. The van der Waals surface area contributed by atoms with E-state index in [1.54, 1.807) is 0 Å². The van der Waals surface area contributed by atoms with Gasteiger partial charge < -0.3 is 35.4 Å². The molecular weight excluding hydrogens is 424 g/mol. The summed E-state index contributed by atoms with van der Waals surface area (Å²) in [5.74, 6) is -1.37. The standard InChI is InChI=1S/C25H32N2O6/c1-26-11-4-12-27-18-6-3-2-5-16(18)8-9-17-13-15(7-10-19(17)27)14-20-21(28)22(29)23(30)24(33-20)25(31)32/h2-3,5-7,10,13,20-24,26,28-30H,4,8-9,11-12,14H2,1H3,(H,31,32)/t20?,21-,22+,23-,24-/m0/s1. The van der Waals surface area contributed by atoms with Crippen LogP contribution < -0.4 is 10.2 Å². The smallest absolute Gasteiger partial charge is 0.335 e. The number of fused-ring (bicyclic) bond motifs is 2. The van der Waals surface area contributed by atoms with E-state index in [9.17, 15) is 25.2 Å². The number of rotatable bonds is 7. The number of aliphatic carboxylic acids is 1. The van der Waals surface area contributed by atoms with Crippen LogP contribution in [-0.4, -0.2) is 77.1 Å². The lowest BCUT2D eigenvalue weighted by molar-refractivity contribution is -0.227. The van der Waals surface area contributed by atoms with Crippen LogP contribution in [-0.2, 0) is 28.8 Å². The molecule has 0 aliphatic carbocycles. The maximum Gasteiger partial charge on any atom is 0.335 e. The van der Waals surface area contributed by atoms with Crippen LogP contribution in [0.5, 0.6) is 0 Å². The molecule has 0 bridgehead atoms. The van der Waals surface area contributed by atoms with Gasteiger partial charge in [0.15, 0.2) is 6.10 Å². The summed E-state index contributed by atoms with van der Waals surface area (Å²) in [6.07, 6.45) is -4.16. The number of carbonyl (C=O) groups is 1. The molecule has 0 radical (unpaired) electrons. The van der Waals surface area contributed by atoms with Crippen molar-refractivity contribution in [3.8, 4) is 0 Å². The van der Waals surface area contributed by atoms with E-state index in [0.29, 0.717) is 0 Å². The molecule has 1 unspecified atom stereocenters. The topological polar surface area (TPSA) is 122 Å². The molecule has 1 saturated heterocycles. The fourth-order valence-electron chi connectivity index (χ4n) is 4.82. The first-order valence-electron chi connectivity index (χ1n) is 11.4. The second-order valence-electron chi connectivity index (χ2n) is 8.81. The third-order valence-corrected chi connectivity index (χ3v) is 6.58. The van der Waals surface area contributed by atoms with E-state index in [0.717, 1.165) is 43.6 Å². The molecule has 0 aromatic heterocycles. The maximum absolute atomic E-state index is 11.4. The minimum absolute atomic E-state index is 0.231. The van der Waals surface area contributed by atoms with Crippen LogP contribution in [0, 0.1) is 0 Å². The molecule has 2 aromatic carbocycles. The average Bonchev–Trinajstić information content (AvgIpc) is 2.96. The molecule has 0 amide bonds. The highest BCUT2D eigenvalue weighted by Gasteiger charge is 2.46. The summed E-state index contributed by atoms with van der Waals surface area (Å²) in [4.78, 5) is 13.8. The third-order valence-electron chi connectivity index (χ3n) is 6.58. The van der Waals surface area contributed by atoms with Gasteiger partial charge in [0.1, 0.15) is 18.3 Å². The molecule has 1 fully saturated rings. The molecule has 4 rings (SSSR count). The van der Waals surface area contributed by atoms with E-state index in [1.165, 1.54) is 16.8 Å². The van der Waals surface area contributed by atoms with Crippen molar-refractivity contribution in [2.24, 2.45) is 0 Å². The number of nitrogens with one attached hydrogen (secondary N) is 1. The van der Waals surface area contributed by atoms with Crippen molar-refractivity contribution in [3.05, 3.63) is 59.2 Å². The highest BCUT2D eigenvalue weighted by atomic mass is 16.6. The van der Waals surface area contributed by atoms with Crippen molar-refractivity contribution in [1.29, 1.82) is 0 Å². The Morgan fingerprint density at radius 2 is 1.76 bits per heavy atom. The minimum Gasteiger partial charge on any atom is -0.479 e. The number of aryl methyl sites for hydroxylation is 2. The second kappa shape index (κ2) is 10.2. The molecule has 2 aliphatic heterocycles. The minimum atomic E-state index is -1.68. The zero-order chi connectivity index (χ0) is 23.5. The van der Waals surface area contributed by atoms with Gasteiger partial charge in [-0.3, -0.25) is 0 Å². The molecule has 2 heterocycles. The Labute approximate surface area is 193 Å². The summed E-state index contributed by atoms with van der Waals surface area (Å²) < 4.78 is 5.48. The monoisotopic (exact) mass is 456 g/mol. The van der Waals surface area contributed by atoms with E-state index in [4.69, 9.17) is 4.74 Å². The number of aliphatic hydroxyl groups is 3. The Balaban J connectivity index is 1.59. The van der Waals surface area contributed by atoms with Crippen molar-refractivity contribution in [2.75, 3.05) is 25.0 Å². The number of hydrogen-bond acceptors (Lipinski definition) is 7. The molecule has 33 heavy (non-hydrogen) atoms. The van der Waals surface area contributed by atoms with Crippen LogP contribution in [0.15, 0.2) is 42.5 Å². The van der Waals surface area contributed by atoms with Gasteiger partial charge in [0.05, 0.1) is 6.10 Å².